The number of carbonyl (C=O) groups excluding carboxylic acids is 1. The summed E-state index contributed by atoms with van der Waals surface area (Å²) in [4.78, 5) is 14.3. The second-order valence-electron chi connectivity index (χ2n) is 5.51. The first kappa shape index (κ1) is 14.5. The van der Waals surface area contributed by atoms with Gasteiger partial charge in [0.25, 0.3) is 0 Å². The van der Waals surface area contributed by atoms with Crippen molar-refractivity contribution in [1.29, 1.82) is 0 Å². The third-order valence-electron chi connectivity index (χ3n) is 3.80. The molecule has 0 spiro atoms. The number of likely N-dealkylation sites (N-methyl/N-ethyl adjacent to an activating group) is 1. The molecule has 0 saturated heterocycles. The molecule has 1 aliphatic carbocycles. The second-order valence-corrected chi connectivity index (χ2v) is 5.51. The number of nitrogens with zero attached hydrogens (tertiary/aromatic N) is 1. The lowest BCUT2D eigenvalue weighted by Gasteiger charge is -2.35. The van der Waals surface area contributed by atoms with Gasteiger partial charge >= 0.3 is 0 Å². The summed E-state index contributed by atoms with van der Waals surface area (Å²) in [6, 6.07) is 0. The first-order chi connectivity index (χ1) is 7.98. The van der Waals surface area contributed by atoms with E-state index in [1.165, 1.54) is 6.42 Å². The maximum Gasteiger partial charge on any atom is 0.240 e. The average molecular weight is 241 g/mol. The highest BCUT2D eigenvalue weighted by Gasteiger charge is 2.37. The third-order valence-corrected chi connectivity index (χ3v) is 3.80. The van der Waals surface area contributed by atoms with Gasteiger partial charge in [0.15, 0.2) is 0 Å². The van der Waals surface area contributed by atoms with Crippen molar-refractivity contribution in [3.63, 3.8) is 0 Å². The van der Waals surface area contributed by atoms with Crippen molar-refractivity contribution >= 4 is 5.91 Å². The van der Waals surface area contributed by atoms with Crippen LogP contribution >= 0.6 is 0 Å². The van der Waals surface area contributed by atoms with E-state index in [0.29, 0.717) is 12.5 Å². The highest BCUT2D eigenvalue weighted by Crippen LogP contribution is 2.30. The third kappa shape index (κ3) is 4.28. The van der Waals surface area contributed by atoms with Crippen molar-refractivity contribution in [2.24, 2.45) is 11.7 Å². The maximum absolute atomic E-state index is 12.1. The summed E-state index contributed by atoms with van der Waals surface area (Å²) in [6.07, 6.45) is 3.92. The summed E-state index contributed by atoms with van der Waals surface area (Å²) >= 11 is 0. The Morgan fingerprint density at radius 1 is 1.59 bits per heavy atom. The zero-order valence-electron chi connectivity index (χ0n) is 11.5. The SMILES string of the molecule is CCN(C)CCNC(=O)C1(N)CCCC(C)C1. The van der Waals surface area contributed by atoms with E-state index in [9.17, 15) is 4.79 Å². The molecule has 4 heteroatoms. The first-order valence-corrected chi connectivity index (χ1v) is 6.73. The Labute approximate surface area is 105 Å². The average Bonchev–Trinajstić information content (AvgIpc) is 2.28. The lowest BCUT2D eigenvalue weighted by molar-refractivity contribution is -0.128. The van der Waals surface area contributed by atoms with E-state index < -0.39 is 5.54 Å². The van der Waals surface area contributed by atoms with Crippen molar-refractivity contribution in [3.05, 3.63) is 0 Å². The number of rotatable bonds is 5. The molecule has 1 amide bonds. The molecular weight excluding hydrogens is 214 g/mol. The minimum Gasteiger partial charge on any atom is -0.353 e. The van der Waals surface area contributed by atoms with Crippen LogP contribution < -0.4 is 11.1 Å². The zero-order chi connectivity index (χ0) is 12.9. The van der Waals surface area contributed by atoms with E-state index in [0.717, 1.165) is 32.4 Å². The van der Waals surface area contributed by atoms with Gasteiger partial charge in [-0.3, -0.25) is 4.79 Å². The first-order valence-electron chi connectivity index (χ1n) is 6.73. The second kappa shape index (κ2) is 6.36. The Bertz CT molecular complexity index is 257. The Kier molecular flexibility index (Phi) is 5.40. The van der Waals surface area contributed by atoms with Crippen LogP contribution in [0.1, 0.15) is 39.5 Å². The molecule has 0 bridgehead atoms. The molecule has 0 heterocycles. The van der Waals surface area contributed by atoms with Crippen molar-refractivity contribution in [3.8, 4) is 0 Å². The molecule has 0 aromatic rings. The van der Waals surface area contributed by atoms with Gasteiger partial charge in [0.05, 0.1) is 5.54 Å². The van der Waals surface area contributed by atoms with Gasteiger partial charge in [-0.05, 0) is 32.4 Å². The molecular formula is C13H27N3O. The molecule has 2 unspecified atom stereocenters. The molecule has 3 N–H and O–H groups in total. The van der Waals surface area contributed by atoms with Gasteiger partial charge in [0.1, 0.15) is 0 Å². The van der Waals surface area contributed by atoms with E-state index in [4.69, 9.17) is 5.73 Å². The van der Waals surface area contributed by atoms with Crippen LogP contribution in [0, 0.1) is 5.92 Å². The van der Waals surface area contributed by atoms with Crippen LogP contribution in [-0.2, 0) is 4.79 Å². The quantitative estimate of drug-likeness (QED) is 0.754. The molecule has 0 aliphatic heterocycles. The largest absolute Gasteiger partial charge is 0.353 e. The molecule has 1 rings (SSSR count). The minimum absolute atomic E-state index is 0.0357. The van der Waals surface area contributed by atoms with Crippen LogP contribution in [0.15, 0.2) is 0 Å². The van der Waals surface area contributed by atoms with Gasteiger partial charge in [-0.15, -0.1) is 0 Å². The van der Waals surface area contributed by atoms with Crippen LogP contribution in [0.25, 0.3) is 0 Å². The van der Waals surface area contributed by atoms with E-state index in [-0.39, 0.29) is 5.91 Å². The van der Waals surface area contributed by atoms with Crippen LogP contribution in [0.4, 0.5) is 0 Å². The van der Waals surface area contributed by atoms with Crippen LogP contribution in [0.2, 0.25) is 0 Å². The summed E-state index contributed by atoms with van der Waals surface area (Å²) < 4.78 is 0. The predicted molar refractivity (Wildman–Crippen MR) is 70.7 cm³/mol. The summed E-state index contributed by atoms with van der Waals surface area (Å²) in [5.41, 5.74) is 5.59. The standard InChI is InChI=1S/C13H27N3O/c1-4-16(3)9-8-15-12(17)13(14)7-5-6-11(2)10-13/h11H,4-10,14H2,1-3H3,(H,15,17). The lowest BCUT2D eigenvalue weighted by atomic mass is 9.76. The number of nitrogens with one attached hydrogen (secondary N) is 1. The highest BCUT2D eigenvalue weighted by molar-refractivity contribution is 5.86. The number of nitrogens with two attached hydrogens (primary N) is 1. The van der Waals surface area contributed by atoms with Gasteiger partial charge in [0, 0.05) is 13.1 Å². The predicted octanol–water partition coefficient (Wildman–Crippen LogP) is 0.962. The van der Waals surface area contributed by atoms with Crippen molar-refractivity contribution in [1.82, 2.24) is 10.2 Å². The van der Waals surface area contributed by atoms with Gasteiger partial charge in [-0.1, -0.05) is 26.7 Å². The Morgan fingerprint density at radius 3 is 2.88 bits per heavy atom. The summed E-state index contributed by atoms with van der Waals surface area (Å²) in [6.45, 7) is 6.86. The van der Waals surface area contributed by atoms with Crippen LogP contribution in [0.3, 0.4) is 0 Å². The number of hydrogen-bond donors (Lipinski definition) is 2. The van der Waals surface area contributed by atoms with Gasteiger partial charge in [0.2, 0.25) is 5.91 Å². The number of amides is 1. The zero-order valence-corrected chi connectivity index (χ0v) is 11.5. The number of hydrogen-bond acceptors (Lipinski definition) is 3. The van der Waals surface area contributed by atoms with Gasteiger partial charge < -0.3 is 16.0 Å². The fourth-order valence-electron chi connectivity index (χ4n) is 2.49. The summed E-state index contributed by atoms with van der Waals surface area (Å²) in [5, 5.41) is 2.97. The monoisotopic (exact) mass is 241 g/mol. The molecule has 2 atom stereocenters. The normalized spacial score (nSPS) is 29.4. The van der Waals surface area contributed by atoms with Crippen molar-refractivity contribution in [2.75, 3.05) is 26.7 Å². The van der Waals surface area contributed by atoms with Crippen molar-refractivity contribution in [2.45, 2.75) is 45.1 Å². The number of carbonyl (C=O) groups is 1. The summed E-state index contributed by atoms with van der Waals surface area (Å²) in [5.74, 6) is 0.603. The fraction of sp³-hybridized carbons (Fsp3) is 0.923. The Hall–Kier alpha value is -0.610. The van der Waals surface area contributed by atoms with Gasteiger partial charge in [-0.25, -0.2) is 0 Å². The fourth-order valence-corrected chi connectivity index (χ4v) is 2.49. The van der Waals surface area contributed by atoms with E-state index in [2.05, 4.69) is 24.1 Å². The summed E-state index contributed by atoms with van der Waals surface area (Å²) in [7, 11) is 2.05. The topological polar surface area (TPSA) is 58.4 Å². The smallest absolute Gasteiger partial charge is 0.240 e. The molecule has 0 aromatic heterocycles. The van der Waals surface area contributed by atoms with Gasteiger partial charge in [-0.2, -0.15) is 0 Å². The molecule has 4 nitrogen and oxygen atoms in total. The molecule has 0 aromatic carbocycles. The van der Waals surface area contributed by atoms with E-state index in [1.54, 1.807) is 0 Å². The maximum atomic E-state index is 12.1. The Balaban J connectivity index is 2.35. The van der Waals surface area contributed by atoms with E-state index in [1.807, 2.05) is 7.05 Å². The van der Waals surface area contributed by atoms with Crippen LogP contribution in [-0.4, -0.2) is 43.0 Å². The molecule has 1 aliphatic rings. The van der Waals surface area contributed by atoms with Crippen molar-refractivity contribution < 1.29 is 4.79 Å². The molecule has 1 fully saturated rings. The molecule has 1 saturated carbocycles. The molecule has 100 valence electrons. The van der Waals surface area contributed by atoms with Crippen LogP contribution in [0.5, 0.6) is 0 Å². The Morgan fingerprint density at radius 2 is 2.29 bits per heavy atom. The lowest BCUT2D eigenvalue weighted by Crippen LogP contribution is -2.56. The molecule has 0 radical (unpaired) electrons. The van der Waals surface area contributed by atoms with E-state index >= 15 is 0 Å². The molecule has 17 heavy (non-hydrogen) atoms. The minimum atomic E-state index is -0.623. The highest BCUT2D eigenvalue weighted by atomic mass is 16.2.